The Labute approximate surface area is 131 Å². The summed E-state index contributed by atoms with van der Waals surface area (Å²) >= 11 is 5.07. The second-order valence-electron chi connectivity index (χ2n) is 4.52. The smallest absolute Gasteiger partial charge is 0.154 e. The molecule has 2 nitrogen and oxygen atoms in total. The van der Waals surface area contributed by atoms with Gasteiger partial charge in [0.25, 0.3) is 0 Å². The molecule has 1 heterocycles. The van der Waals surface area contributed by atoms with Crippen molar-refractivity contribution in [2.75, 3.05) is 0 Å². The van der Waals surface area contributed by atoms with Crippen LogP contribution in [0.2, 0.25) is 0 Å². The zero-order valence-electron chi connectivity index (χ0n) is 10.9. The number of carbonyl (C=O) groups is 1. The van der Waals surface area contributed by atoms with Crippen LogP contribution >= 0.6 is 27.3 Å². The van der Waals surface area contributed by atoms with E-state index in [-0.39, 0.29) is 5.78 Å². The van der Waals surface area contributed by atoms with Crippen LogP contribution in [0.5, 0.6) is 0 Å². The summed E-state index contributed by atoms with van der Waals surface area (Å²) in [5, 5.41) is 11.3. The largest absolute Gasteiger partial charge is 0.298 e. The first-order valence-corrected chi connectivity index (χ1v) is 8.08. The molecule has 0 saturated carbocycles. The van der Waals surface area contributed by atoms with E-state index in [1.165, 1.54) is 4.88 Å². The molecule has 102 valence electrons. The summed E-state index contributed by atoms with van der Waals surface area (Å²) in [4.78, 5) is 13.5. The van der Waals surface area contributed by atoms with Gasteiger partial charge in [-0.15, -0.1) is 11.3 Å². The minimum atomic E-state index is -0.657. The standard InChI is InChI=1S/C16H14BrNOS/c17-13-5-1-4-12(10-13)15(11-18)16(19)8-2-6-14-7-3-9-20-14/h1,3-5,7,9-10,15H,2,6,8H2. The summed E-state index contributed by atoms with van der Waals surface area (Å²) in [6.07, 6.45) is 2.15. The molecule has 1 unspecified atom stereocenters. The number of hydrogen-bond donors (Lipinski definition) is 0. The molecular formula is C16H14BrNOS. The van der Waals surface area contributed by atoms with Gasteiger partial charge in [-0.2, -0.15) is 5.26 Å². The number of nitrogens with zero attached hydrogens (tertiary/aromatic N) is 1. The number of halogens is 1. The highest BCUT2D eigenvalue weighted by Gasteiger charge is 2.19. The van der Waals surface area contributed by atoms with Crippen molar-refractivity contribution in [3.8, 4) is 6.07 Å². The van der Waals surface area contributed by atoms with Crippen LogP contribution in [0.1, 0.15) is 29.2 Å². The second kappa shape index (κ2) is 7.37. The lowest BCUT2D eigenvalue weighted by molar-refractivity contribution is -0.119. The van der Waals surface area contributed by atoms with Crippen LogP contribution in [0.3, 0.4) is 0 Å². The molecular weight excluding hydrogens is 334 g/mol. The molecule has 0 aliphatic carbocycles. The monoisotopic (exact) mass is 347 g/mol. The third-order valence-electron chi connectivity index (χ3n) is 3.06. The normalized spacial score (nSPS) is 11.8. The minimum absolute atomic E-state index is 0.00200. The maximum absolute atomic E-state index is 12.2. The third-order valence-corrected chi connectivity index (χ3v) is 4.49. The van der Waals surface area contributed by atoms with E-state index in [1.807, 2.05) is 35.7 Å². The van der Waals surface area contributed by atoms with Crippen molar-refractivity contribution >= 4 is 33.0 Å². The molecule has 2 aromatic rings. The fraction of sp³-hybridized carbons (Fsp3) is 0.250. The summed E-state index contributed by atoms with van der Waals surface area (Å²) in [6.45, 7) is 0. The fourth-order valence-corrected chi connectivity index (χ4v) is 3.22. The number of thiophene rings is 1. The molecule has 0 bridgehead atoms. The number of carbonyl (C=O) groups excluding carboxylic acids is 1. The van der Waals surface area contributed by atoms with Crippen LogP contribution in [-0.2, 0) is 11.2 Å². The molecule has 0 saturated heterocycles. The number of ketones is 1. The van der Waals surface area contributed by atoms with E-state index >= 15 is 0 Å². The van der Waals surface area contributed by atoms with Crippen LogP contribution < -0.4 is 0 Å². The van der Waals surface area contributed by atoms with Gasteiger partial charge in [-0.1, -0.05) is 34.1 Å². The van der Waals surface area contributed by atoms with E-state index in [0.29, 0.717) is 6.42 Å². The Balaban J connectivity index is 1.94. The van der Waals surface area contributed by atoms with Gasteiger partial charge >= 0.3 is 0 Å². The number of aryl methyl sites for hydroxylation is 1. The quantitative estimate of drug-likeness (QED) is 0.759. The zero-order chi connectivity index (χ0) is 14.4. The van der Waals surface area contributed by atoms with Crippen molar-refractivity contribution in [2.45, 2.75) is 25.2 Å². The second-order valence-corrected chi connectivity index (χ2v) is 6.46. The van der Waals surface area contributed by atoms with Crippen LogP contribution in [0, 0.1) is 11.3 Å². The van der Waals surface area contributed by atoms with Gasteiger partial charge in [0.2, 0.25) is 0 Å². The van der Waals surface area contributed by atoms with Crippen LogP contribution in [0.4, 0.5) is 0 Å². The Morgan fingerprint density at radius 2 is 2.20 bits per heavy atom. The van der Waals surface area contributed by atoms with Gasteiger partial charge in [-0.3, -0.25) is 4.79 Å². The molecule has 4 heteroatoms. The molecule has 20 heavy (non-hydrogen) atoms. The molecule has 0 radical (unpaired) electrons. The first-order chi connectivity index (χ1) is 9.70. The fourth-order valence-electron chi connectivity index (χ4n) is 2.05. The lowest BCUT2D eigenvalue weighted by Crippen LogP contribution is -2.11. The molecule has 0 amide bonds. The number of benzene rings is 1. The van der Waals surface area contributed by atoms with Crippen LogP contribution in [0.15, 0.2) is 46.3 Å². The average molecular weight is 348 g/mol. The van der Waals surface area contributed by atoms with Crippen molar-refractivity contribution in [3.05, 3.63) is 56.7 Å². The Kier molecular flexibility index (Phi) is 5.51. The van der Waals surface area contributed by atoms with Crippen molar-refractivity contribution in [1.29, 1.82) is 5.26 Å². The van der Waals surface area contributed by atoms with Gasteiger partial charge in [0, 0.05) is 15.8 Å². The van der Waals surface area contributed by atoms with E-state index in [0.717, 1.165) is 22.9 Å². The van der Waals surface area contributed by atoms with Gasteiger partial charge < -0.3 is 0 Å². The van der Waals surface area contributed by atoms with E-state index in [1.54, 1.807) is 11.3 Å². The highest BCUT2D eigenvalue weighted by molar-refractivity contribution is 9.10. The highest BCUT2D eigenvalue weighted by Crippen LogP contribution is 2.22. The highest BCUT2D eigenvalue weighted by atomic mass is 79.9. The summed E-state index contributed by atoms with van der Waals surface area (Å²) < 4.78 is 0.890. The molecule has 0 fully saturated rings. The Hall–Kier alpha value is -1.44. The molecule has 0 N–H and O–H groups in total. The summed E-state index contributed by atoms with van der Waals surface area (Å²) in [7, 11) is 0. The number of Topliss-reactive ketones (excluding diaryl/α,β-unsaturated/α-hetero) is 1. The Bertz CT molecular complexity index is 616. The van der Waals surface area contributed by atoms with Gasteiger partial charge in [0.05, 0.1) is 6.07 Å². The van der Waals surface area contributed by atoms with Crippen LogP contribution in [0.25, 0.3) is 0 Å². The number of nitriles is 1. The first-order valence-electron chi connectivity index (χ1n) is 6.41. The lowest BCUT2D eigenvalue weighted by atomic mass is 9.93. The third kappa shape index (κ3) is 4.03. The predicted octanol–water partition coefficient (Wildman–Crippen LogP) is 4.71. The van der Waals surface area contributed by atoms with E-state index < -0.39 is 5.92 Å². The lowest BCUT2D eigenvalue weighted by Gasteiger charge is -2.08. The first kappa shape index (κ1) is 15.0. The summed E-state index contributed by atoms with van der Waals surface area (Å²) in [5.41, 5.74) is 0.767. The zero-order valence-corrected chi connectivity index (χ0v) is 13.3. The van der Waals surface area contributed by atoms with Crippen molar-refractivity contribution in [1.82, 2.24) is 0 Å². The van der Waals surface area contributed by atoms with Gasteiger partial charge in [-0.05, 0) is 42.0 Å². The van der Waals surface area contributed by atoms with Crippen LogP contribution in [-0.4, -0.2) is 5.78 Å². The SMILES string of the molecule is N#CC(C(=O)CCCc1cccs1)c1cccc(Br)c1. The molecule has 0 spiro atoms. The molecule has 1 aromatic heterocycles. The number of hydrogen-bond acceptors (Lipinski definition) is 3. The maximum Gasteiger partial charge on any atom is 0.154 e. The van der Waals surface area contributed by atoms with E-state index in [2.05, 4.69) is 28.1 Å². The topological polar surface area (TPSA) is 40.9 Å². The van der Waals surface area contributed by atoms with E-state index in [9.17, 15) is 10.1 Å². The van der Waals surface area contributed by atoms with Gasteiger partial charge in [0.1, 0.15) is 5.92 Å². The minimum Gasteiger partial charge on any atom is -0.298 e. The molecule has 2 rings (SSSR count). The van der Waals surface area contributed by atoms with Gasteiger partial charge in [-0.25, -0.2) is 0 Å². The van der Waals surface area contributed by atoms with Crippen molar-refractivity contribution in [2.24, 2.45) is 0 Å². The number of rotatable bonds is 6. The Morgan fingerprint density at radius 3 is 2.85 bits per heavy atom. The molecule has 0 aliphatic rings. The Morgan fingerprint density at radius 1 is 1.35 bits per heavy atom. The molecule has 1 aromatic carbocycles. The van der Waals surface area contributed by atoms with Crippen molar-refractivity contribution < 1.29 is 4.79 Å². The molecule has 1 atom stereocenters. The maximum atomic E-state index is 12.2. The average Bonchev–Trinajstić information content (AvgIpc) is 2.93. The summed E-state index contributed by atoms with van der Waals surface area (Å²) in [5.74, 6) is -0.655. The van der Waals surface area contributed by atoms with Crippen molar-refractivity contribution in [3.63, 3.8) is 0 Å². The molecule has 0 aliphatic heterocycles. The predicted molar refractivity (Wildman–Crippen MR) is 84.8 cm³/mol. The van der Waals surface area contributed by atoms with E-state index in [4.69, 9.17) is 0 Å². The van der Waals surface area contributed by atoms with Gasteiger partial charge in [0.15, 0.2) is 5.78 Å². The summed E-state index contributed by atoms with van der Waals surface area (Å²) in [6, 6.07) is 13.6.